The van der Waals surface area contributed by atoms with Crippen LogP contribution in [0.1, 0.15) is 44.8 Å². The van der Waals surface area contributed by atoms with Crippen molar-refractivity contribution in [3.05, 3.63) is 67.3 Å². The van der Waals surface area contributed by atoms with Gasteiger partial charge in [-0.1, -0.05) is 31.4 Å². The minimum atomic E-state index is 0. The lowest BCUT2D eigenvalue weighted by Gasteiger charge is -2.13. The fourth-order valence-corrected chi connectivity index (χ4v) is 3.41. The number of nitrogens with zero attached hydrogens (tertiary/aromatic N) is 4. The van der Waals surface area contributed by atoms with Gasteiger partial charge in [-0.05, 0) is 50.3 Å². The van der Waals surface area contributed by atoms with Gasteiger partial charge in [-0.25, -0.2) is 19.9 Å². The van der Waals surface area contributed by atoms with E-state index in [0.29, 0.717) is 36.5 Å². The van der Waals surface area contributed by atoms with Crippen LogP contribution in [-0.2, 0) is 4.74 Å². The Balaban J connectivity index is 0.00000306. The Labute approximate surface area is 189 Å². The average Bonchev–Trinajstić information content (AvgIpc) is 2.82. The molecule has 4 rings (SSSR count). The molecule has 0 radical (unpaired) electrons. The minimum Gasteiger partial charge on any atom is -0.492 e. The maximum Gasteiger partial charge on any atom is 0.227 e. The second kappa shape index (κ2) is 10.5. The van der Waals surface area contributed by atoms with Crippen molar-refractivity contribution in [3.63, 3.8) is 0 Å². The molecule has 1 N–H and O–H groups in total. The zero-order chi connectivity index (χ0) is 22.2. The van der Waals surface area contributed by atoms with Gasteiger partial charge in [-0.15, -0.1) is 0 Å². The van der Waals surface area contributed by atoms with Crippen molar-refractivity contribution in [1.82, 2.24) is 19.9 Å². The number of aromatic nitrogens is 4. The third-order valence-electron chi connectivity index (χ3n) is 5.12. The van der Waals surface area contributed by atoms with E-state index in [1.54, 1.807) is 12.3 Å². The SMILES string of the molecule is C=Cc1cnc2nc1C(=C)OCCC/C=C\CCCCOc1ncnc3ccc(cc13)N2.[HH]. The summed E-state index contributed by atoms with van der Waals surface area (Å²) in [5, 5.41) is 4.08. The van der Waals surface area contributed by atoms with Gasteiger partial charge in [0, 0.05) is 18.9 Å². The lowest BCUT2D eigenvalue weighted by atomic mass is 10.2. The molecule has 0 spiro atoms. The van der Waals surface area contributed by atoms with E-state index in [0.717, 1.165) is 54.3 Å². The lowest BCUT2D eigenvalue weighted by molar-refractivity contribution is 0.272. The third-order valence-corrected chi connectivity index (χ3v) is 5.12. The highest BCUT2D eigenvalue weighted by Gasteiger charge is 2.12. The van der Waals surface area contributed by atoms with Crippen molar-refractivity contribution < 1.29 is 10.9 Å². The molecule has 0 amide bonds. The topological polar surface area (TPSA) is 82.1 Å². The second-order valence-corrected chi connectivity index (χ2v) is 7.47. The molecule has 7 heteroatoms. The molecule has 1 aromatic carbocycles. The fourth-order valence-electron chi connectivity index (χ4n) is 3.41. The van der Waals surface area contributed by atoms with Crippen LogP contribution < -0.4 is 10.1 Å². The summed E-state index contributed by atoms with van der Waals surface area (Å²) >= 11 is 0. The Morgan fingerprint density at radius 1 is 1.00 bits per heavy atom. The highest BCUT2D eigenvalue weighted by atomic mass is 16.5. The lowest BCUT2D eigenvalue weighted by Crippen LogP contribution is -2.04. The molecule has 0 aliphatic carbocycles. The number of hydrogen-bond donors (Lipinski definition) is 1. The maximum absolute atomic E-state index is 5.97. The number of benzene rings is 1. The summed E-state index contributed by atoms with van der Waals surface area (Å²) in [5.74, 6) is 1.52. The first-order valence-corrected chi connectivity index (χ1v) is 10.9. The number of ether oxygens (including phenoxy) is 2. The number of rotatable bonds is 1. The summed E-state index contributed by atoms with van der Waals surface area (Å²) in [5.41, 5.74) is 3.01. The summed E-state index contributed by atoms with van der Waals surface area (Å²) in [6, 6.07) is 5.79. The number of allylic oxidation sites excluding steroid dienone is 2. The summed E-state index contributed by atoms with van der Waals surface area (Å²) in [4.78, 5) is 17.7. The number of hydrogen-bond acceptors (Lipinski definition) is 7. The second-order valence-electron chi connectivity index (χ2n) is 7.47. The van der Waals surface area contributed by atoms with E-state index in [9.17, 15) is 0 Å². The Morgan fingerprint density at radius 2 is 1.84 bits per heavy atom. The monoisotopic (exact) mass is 431 g/mol. The van der Waals surface area contributed by atoms with E-state index in [1.807, 2.05) is 18.2 Å². The van der Waals surface area contributed by atoms with Gasteiger partial charge in [-0.3, -0.25) is 0 Å². The van der Waals surface area contributed by atoms with Gasteiger partial charge in [0.2, 0.25) is 11.8 Å². The van der Waals surface area contributed by atoms with Crippen LogP contribution >= 0.6 is 0 Å². The molecule has 0 unspecified atom stereocenters. The molecule has 32 heavy (non-hydrogen) atoms. The molecule has 0 atom stereocenters. The Bertz CT molecular complexity index is 1150. The van der Waals surface area contributed by atoms with Crippen molar-refractivity contribution in [2.24, 2.45) is 0 Å². The normalized spacial score (nSPS) is 16.4. The minimum absolute atomic E-state index is 0. The van der Waals surface area contributed by atoms with Crippen LogP contribution in [0.25, 0.3) is 22.7 Å². The highest BCUT2D eigenvalue weighted by Crippen LogP contribution is 2.27. The van der Waals surface area contributed by atoms with Crippen molar-refractivity contribution in [1.29, 1.82) is 0 Å². The number of nitrogens with one attached hydrogen (secondary N) is 1. The van der Waals surface area contributed by atoms with E-state index in [4.69, 9.17) is 9.47 Å². The van der Waals surface area contributed by atoms with Crippen molar-refractivity contribution in [3.8, 4) is 5.88 Å². The van der Waals surface area contributed by atoms with Crippen LogP contribution in [0.2, 0.25) is 0 Å². The Kier molecular flexibility index (Phi) is 7.07. The molecule has 4 bridgehead atoms. The first-order valence-electron chi connectivity index (χ1n) is 10.9. The molecule has 0 fully saturated rings. The van der Waals surface area contributed by atoms with E-state index in [1.165, 1.54) is 6.33 Å². The molecule has 0 saturated carbocycles. The summed E-state index contributed by atoms with van der Waals surface area (Å²) in [6.45, 7) is 9.10. The van der Waals surface area contributed by atoms with E-state index >= 15 is 0 Å². The first kappa shape index (κ1) is 21.5. The molecular weight excluding hydrogens is 402 g/mol. The van der Waals surface area contributed by atoms with Crippen LogP contribution in [-0.4, -0.2) is 33.1 Å². The van der Waals surface area contributed by atoms with Crippen LogP contribution in [0.5, 0.6) is 5.88 Å². The molecule has 7 nitrogen and oxygen atoms in total. The number of fused-ring (bicyclic) bond motifs is 3. The van der Waals surface area contributed by atoms with Gasteiger partial charge < -0.3 is 14.8 Å². The molecule has 3 heterocycles. The average molecular weight is 432 g/mol. The van der Waals surface area contributed by atoms with Crippen molar-refractivity contribution in [2.75, 3.05) is 18.5 Å². The predicted molar refractivity (Wildman–Crippen MR) is 130 cm³/mol. The third kappa shape index (κ3) is 5.29. The summed E-state index contributed by atoms with van der Waals surface area (Å²) in [7, 11) is 0. The van der Waals surface area contributed by atoms with E-state index in [-0.39, 0.29) is 1.43 Å². The quantitative estimate of drug-likeness (QED) is 0.478. The van der Waals surface area contributed by atoms with Crippen molar-refractivity contribution >= 4 is 34.4 Å². The van der Waals surface area contributed by atoms with Crippen LogP contribution in [0, 0.1) is 0 Å². The molecule has 2 aromatic heterocycles. The maximum atomic E-state index is 5.97. The van der Waals surface area contributed by atoms with Crippen molar-refractivity contribution in [2.45, 2.75) is 32.1 Å². The van der Waals surface area contributed by atoms with E-state index in [2.05, 4.69) is 50.6 Å². The summed E-state index contributed by atoms with van der Waals surface area (Å²) < 4.78 is 11.8. The van der Waals surface area contributed by atoms with Gasteiger partial charge in [0.15, 0.2) is 0 Å². The molecule has 1 aliphatic heterocycles. The molecule has 166 valence electrons. The molecular formula is C25H29N5O2. The van der Waals surface area contributed by atoms with E-state index < -0.39 is 0 Å². The van der Waals surface area contributed by atoms with Gasteiger partial charge in [-0.2, -0.15) is 0 Å². The van der Waals surface area contributed by atoms with Gasteiger partial charge in [0.1, 0.15) is 17.8 Å². The van der Waals surface area contributed by atoms with Gasteiger partial charge in [0.05, 0.1) is 24.1 Å². The smallest absolute Gasteiger partial charge is 0.227 e. The zero-order valence-electron chi connectivity index (χ0n) is 18.1. The summed E-state index contributed by atoms with van der Waals surface area (Å²) in [6.07, 6.45) is 14.3. The predicted octanol–water partition coefficient (Wildman–Crippen LogP) is 5.94. The fraction of sp³-hybridized carbons (Fsp3) is 0.280. The van der Waals surface area contributed by atoms with Crippen LogP contribution in [0.4, 0.5) is 11.6 Å². The van der Waals surface area contributed by atoms with Gasteiger partial charge >= 0.3 is 0 Å². The zero-order valence-corrected chi connectivity index (χ0v) is 18.1. The molecule has 1 aliphatic rings. The Morgan fingerprint density at radius 3 is 2.72 bits per heavy atom. The first-order chi connectivity index (χ1) is 15.7. The van der Waals surface area contributed by atoms with Gasteiger partial charge in [0.25, 0.3) is 0 Å². The Hall–Kier alpha value is -3.74. The molecule has 0 saturated heterocycles. The largest absolute Gasteiger partial charge is 0.492 e. The standard InChI is InChI=1S/C25H27N5O2.H2/c1-3-19-16-26-25-29-20-11-12-22-21(15-20)24(28-17-27-22)32-14-10-8-6-4-5-7-9-13-31-18(2)23(19)30-25;/h3-5,11-12,15-17H,1-2,6-10,13-14H2,(H,26,29,30);1H/b5-4-;. The van der Waals surface area contributed by atoms with Crippen LogP contribution in [0.15, 0.2) is 56.0 Å². The van der Waals surface area contributed by atoms with Crippen LogP contribution in [0.3, 0.4) is 0 Å². The molecule has 3 aromatic rings. The highest BCUT2D eigenvalue weighted by molar-refractivity contribution is 5.87. The number of anilines is 2.